The van der Waals surface area contributed by atoms with E-state index in [0.29, 0.717) is 28.2 Å². The molecule has 5 nitrogen and oxygen atoms in total. The number of nitrogens with zero attached hydrogens (tertiary/aromatic N) is 2. The molecule has 24 heavy (non-hydrogen) atoms. The molecule has 0 amide bonds. The van der Waals surface area contributed by atoms with Crippen LogP contribution in [-0.4, -0.2) is 21.5 Å². The molecule has 0 fully saturated rings. The number of rotatable bonds is 6. The minimum Gasteiger partial charge on any atom is -0.497 e. The summed E-state index contributed by atoms with van der Waals surface area (Å²) >= 11 is 6.09. The second-order valence-corrected chi connectivity index (χ2v) is 6.93. The average molecular weight is 363 g/mol. The normalized spacial score (nSPS) is 12.1. The Morgan fingerprint density at radius 3 is 2.79 bits per heavy atom. The molecule has 0 bridgehead atoms. The van der Waals surface area contributed by atoms with Crippen molar-refractivity contribution >= 4 is 22.4 Å². The lowest BCUT2D eigenvalue weighted by Gasteiger charge is -2.02. The number of methoxy groups -OCH3 is 1. The maximum Gasteiger partial charge on any atom is 0.239 e. The van der Waals surface area contributed by atoms with E-state index in [0.717, 1.165) is 11.1 Å². The fourth-order valence-corrected chi connectivity index (χ4v) is 3.55. The summed E-state index contributed by atoms with van der Waals surface area (Å²) in [4.78, 5) is 4.30. The first-order valence-corrected chi connectivity index (χ1v) is 9.07. The topological polar surface area (TPSA) is 65.2 Å². The van der Waals surface area contributed by atoms with Crippen molar-refractivity contribution in [3.63, 3.8) is 0 Å². The molecule has 0 aliphatic heterocycles. The largest absolute Gasteiger partial charge is 0.497 e. The van der Waals surface area contributed by atoms with Gasteiger partial charge in [-0.3, -0.25) is 4.21 Å². The molecule has 0 aliphatic rings. The summed E-state index contributed by atoms with van der Waals surface area (Å²) in [5.74, 6) is 2.01. The highest BCUT2D eigenvalue weighted by atomic mass is 35.5. The molecule has 0 aliphatic carbocycles. The van der Waals surface area contributed by atoms with Crippen molar-refractivity contribution in [2.24, 2.45) is 0 Å². The SMILES string of the molecule is COc1cccc(-c2noc(CS(=O)Cc3ccccc3Cl)n2)c1. The van der Waals surface area contributed by atoms with Crippen LogP contribution in [0.5, 0.6) is 5.75 Å². The maximum atomic E-state index is 12.3. The highest BCUT2D eigenvalue weighted by Gasteiger charge is 2.13. The maximum absolute atomic E-state index is 12.3. The molecule has 0 saturated carbocycles. The fourth-order valence-electron chi connectivity index (χ4n) is 2.17. The number of hydrogen-bond acceptors (Lipinski definition) is 5. The summed E-state index contributed by atoms with van der Waals surface area (Å²) in [6, 6.07) is 14.7. The van der Waals surface area contributed by atoms with Gasteiger partial charge in [-0.2, -0.15) is 4.98 Å². The van der Waals surface area contributed by atoms with Gasteiger partial charge in [0, 0.05) is 21.4 Å². The van der Waals surface area contributed by atoms with Crippen molar-refractivity contribution in [3.8, 4) is 17.1 Å². The highest BCUT2D eigenvalue weighted by molar-refractivity contribution is 7.83. The molecule has 0 spiro atoms. The van der Waals surface area contributed by atoms with Crippen LogP contribution >= 0.6 is 11.6 Å². The van der Waals surface area contributed by atoms with Crippen LogP contribution < -0.4 is 4.74 Å². The summed E-state index contributed by atoms with van der Waals surface area (Å²) in [6.45, 7) is 0. The van der Waals surface area contributed by atoms with Gasteiger partial charge in [0.05, 0.1) is 12.9 Å². The van der Waals surface area contributed by atoms with Crippen LogP contribution in [0.25, 0.3) is 11.4 Å². The fraction of sp³-hybridized carbons (Fsp3) is 0.176. The smallest absolute Gasteiger partial charge is 0.239 e. The Bertz CT molecular complexity index is 866. The molecule has 1 aromatic heterocycles. The molecule has 1 heterocycles. The number of benzene rings is 2. The summed E-state index contributed by atoms with van der Waals surface area (Å²) in [6.07, 6.45) is 0. The zero-order valence-corrected chi connectivity index (χ0v) is 14.5. The van der Waals surface area contributed by atoms with Crippen LogP contribution in [0.4, 0.5) is 0 Å². The quantitative estimate of drug-likeness (QED) is 0.666. The van der Waals surface area contributed by atoms with Gasteiger partial charge < -0.3 is 9.26 Å². The Morgan fingerprint density at radius 1 is 1.17 bits per heavy atom. The van der Waals surface area contributed by atoms with Crippen molar-refractivity contribution < 1.29 is 13.5 Å². The van der Waals surface area contributed by atoms with Crippen molar-refractivity contribution in [1.29, 1.82) is 0 Å². The van der Waals surface area contributed by atoms with Crippen LogP contribution in [0.3, 0.4) is 0 Å². The number of halogens is 1. The van der Waals surface area contributed by atoms with Gasteiger partial charge in [0.2, 0.25) is 11.7 Å². The van der Waals surface area contributed by atoms with Crippen LogP contribution in [-0.2, 0) is 22.3 Å². The van der Waals surface area contributed by atoms with E-state index < -0.39 is 10.8 Å². The van der Waals surface area contributed by atoms with Gasteiger partial charge in [0.1, 0.15) is 11.5 Å². The molecule has 3 rings (SSSR count). The van der Waals surface area contributed by atoms with Crippen molar-refractivity contribution in [2.45, 2.75) is 11.5 Å². The lowest BCUT2D eigenvalue weighted by Crippen LogP contribution is -2.00. The van der Waals surface area contributed by atoms with Gasteiger partial charge in [-0.05, 0) is 23.8 Å². The Morgan fingerprint density at radius 2 is 2.00 bits per heavy atom. The molecule has 124 valence electrons. The molecule has 3 aromatic rings. The predicted octanol–water partition coefficient (Wildman–Crippen LogP) is 3.85. The van der Waals surface area contributed by atoms with Gasteiger partial charge in [-0.25, -0.2) is 0 Å². The van der Waals surface area contributed by atoms with E-state index in [9.17, 15) is 4.21 Å². The third-order valence-corrected chi connectivity index (χ3v) is 4.93. The highest BCUT2D eigenvalue weighted by Crippen LogP contribution is 2.22. The zero-order chi connectivity index (χ0) is 16.9. The molecule has 1 unspecified atom stereocenters. The molecule has 2 aromatic carbocycles. The zero-order valence-electron chi connectivity index (χ0n) is 12.9. The predicted molar refractivity (Wildman–Crippen MR) is 93.3 cm³/mol. The minimum atomic E-state index is -1.19. The summed E-state index contributed by atoms with van der Waals surface area (Å²) in [7, 11) is 0.409. The summed E-state index contributed by atoms with van der Waals surface area (Å²) < 4.78 is 22.7. The Labute approximate surface area is 147 Å². The first-order chi connectivity index (χ1) is 11.7. The van der Waals surface area contributed by atoms with Gasteiger partial charge in [-0.15, -0.1) is 0 Å². The van der Waals surface area contributed by atoms with Crippen molar-refractivity contribution in [2.75, 3.05) is 7.11 Å². The van der Waals surface area contributed by atoms with Gasteiger partial charge in [-0.1, -0.05) is 47.1 Å². The van der Waals surface area contributed by atoms with Crippen molar-refractivity contribution in [1.82, 2.24) is 10.1 Å². The van der Waals surface area contributed by atoms with Crippen molar-refractivity contribution in [3.05, 3.63) is 65.0 Å². The van der Waals surface area contributed by atoms with E-state index >= 15 is 0 Å². The Hall–Kier alpha value is -2.18. The van der Waals surface area contributed by atoms with E-state index in [4.69, 9.17) is 20.9 Å². The first-order valence-electron chi connectivity index (χ1n) is 7.21. The van der Waals surface area contributed by atoms with Gasteiger partial charge in [0.15, 0.2) is 0 Å². The van der Waals surface area contributed by atoms with E-state index in [1.54, 1.807) is 13.2 Å². The van der Waals surface area contributed by atoms with Crippen LogP contribution in [0.15, 0.2) is 53.1 Å². The summed E-state index contributed by atoms with van der Waals surface area (Å²) in [5.41, 5.74) is 1.62. The minimum absolute atomic E-state index is 0.183. The lowest BCUT2D eigenvalue weighted by atomic mass is 10.2. The first kappa shape index (κ1) is 16.7. The molecular formula is C17H15ClN2O3S. The third kappa shape index (κ3) is 4.01. The van der Waals surface area contributed by atoms with E-state index in [-0.39, 0.29) is 5.75 Å². The Kier molecular flexibility index (Phi) is 5.27. The molecule has 0 N–H and O–H groups in total. The summed E-state index contributed by atoms with van der Waals surface area (Å²) in [5, 5.41) is 4.54. The van der Waals surface area contributed by atoms with E-state index in [1.165, 1.54) is 0 Å². The molecule has 0 radical (unpaired) electrons. The van der Waals surface area contributed by atoms with Crippen LogP contribution in [0.2, 0.25) is 5.02 Å². The molecule has 1 atom stereocenters. The van der Waals surface area contributed by atoms with Crippen LogP contribution in [0.1, 0.15) is 11.5 Å². The molecule has 7 heteroatoms. The third-order valence-electron chi connectivity index (χ3n) is 3.35. The Balaban J connectivity index is 1.69. The molecular weight excluding hydrogens is 348 g/mol. The van der Waals surface area contributed by atoms with Gasteiger partial charge >= 0.3 is 0 Å². The number of aromatic nitrogens is 2. The second-order valence-electron chi connectivity index (χ2n) is 5.06. The lowest BCUT2D eigenvalue weighted by molar-refractivity contribution is 0.390. The number of ether oxygens (including phenoxy) is 1. The monoisotopic (exact) mass is 362 g/mol. The van der Waals surface area contributed by atoms with Crippen LogP contribution in [0, 0.1) is 0 Å². The standard InChI is InChI=1S/C17H15ClN2O3S/c1-22-14-7-4-6-12(9-14)17-19-16(23-20-17)11-24(21)10-13-5-2-3-8-15(13)18/h2-9H,10-11H2,1H3. The second kappa shape index (κ2) is 7.59. The average Bonchev–Trinajstić information content (AvgIpc) is 3.05. The van der Waals surface area contributed by atoms with E-state index in [2.05, 4.69) is 10.1 Å². The molecule has 0 saturated heterocycles. The number of hydrogen-bond donors (Lipinski definition) is 0. The van der Waals surface area contributed by atoms with E-state index in [1.807, 2.05) is 42.5 Å². The van der Waals surface area contributed by atoms with Gasteiger partial charge in [0.25, 0.3) is 0 Å².